The number of allylic oxidation sites excluding steroid dienone is 4. The molecule has 0 spiro atoms. The molecule has 0 bridgehead atoms. The van der Waals surface area contributed by atoms with E-state index in [0.29, 0.717) is 5.54 Å². The van der Waals surface area contributed by atoms with E-state index in [2.05, 4.69) is 72.1 Å². The van der Waals surface area contributed by atoms with Gasteiger partial charge in [0.25, 0.3) is 0 Å². The van der Waals surface area contributed by atoms with Crippen molar-refractivity contribution in [2.24, 2.45) is 0 Å². The summed E-state index contributed by atoms with van der Waals surface area (Å²) in [6.45, 7) is 10.4. The first-order valence-electron chi connectivity index (χ1n) is 11.0. The van der Waals surface area contributed by atoms with Gasteiger partial charge in [0.1, 0.15) is 8.24 Å². The van der Waals surface area contributed by atoms with E-state index in [4.69, 9.17) is 0 Å². The molecule has 2 nitrogen and oxygen atoms in total. The Morgan fingerprint density at radius 2 is 1.83 bits per heavy atom. The summed E-state index contributed by atoms with van der Waals surface area (Å²) < 4.78 is 0. The summed E-state index contributed by atoms with van der Waals surface area (Å²) in [6.07, 6.45) is 17.1. The Bertz CT molecular complexity index is 839. The number of aromatic amines is 1. The van der Waals surface area contributed by atoms with Gasteiger partial charge >= 0.3 is 0 Å². The maximum Gasteiger partial charge on any atom is 0.131 e. The number of fused-ring (bicyclic) bond motifs is 1. The molecule has 0 aliphatic heterocycles. The fourth-order valence-corrected chi connectivity index (χ4v) is 7.82. The molecule has 2 aliphatic carbocycles. The van der Waals surface area contributed by atoms with Crippen LogP contribution in [0.2, 0.25) is 13.1 Å². The van der Waals surface area contributed by atoms with Crippen molar-refractivity contribution in [3.63, 3.8) is 0 Å². The number of rotatable bonds is 5. The molecular formula is C26H36N2Si. The molecule has 0 radical (unpaired) electrons. The van der Waals surface area contributed by atoms with Gasteiger partial charge in [0, 0.05) is 29.0 Å². The highest BCUT2D eigenvalue weighted by molar-refractivity contribution is 6.77. The molecule has 2 N–H and O–H groups in total. The minimum atomic E-state index is -1.60. The van der Waals surface area contributed by atoms with Crippen LogP contribution in [0.3, 0.4) is 0 Å². The van der Waals surface area contributed by atoms with Crippen LogP contribution in [-0.4, -0.2) is 19.3 Å². The number of H-pyrrole nitrogens is 1. The Balaban J connectivity index is 0.000000431. The van der Waals surface area contributed by atoms with Gasteiger partial charge in [-0.05, 0) is 43.0 Å². The van der Waals surface area contributed by atoms with Crippen molar-refractivity contribution in [2.75, 3.05) is 0 Å². The van der Waals surface area contributed by atoms with Gasteiger partial charge < -0.3 is 9.97 Å². The van der Waals surface area contributed by atoms with Gasteiger partial charge in [0.15, 0.2) is 0 Å². The van der Waals surface area contributed by atoms with Crippen LogP contribution in [0.5, 0.6) is 0 Å². The van der Waals surface area contributed by atoms with Crippen LogP contribution >= 0.6 is 0 Å². The smallest absolute Gasteiger partial charge is 0.131 e. The lowest BCUT2D eigenvalue weighted by atomic mass is 9.96. The molecular weight excluding hydrogens is 368 g/mol. The topological polar surface area (TPSA) is 27.8 Å². The first-order valence-corrected chi connectivity index (χ1v) is 14.1. The number of nitrogens with one attached hydrogen (secondary N) is 2. The molecule has 3 heteroatoms. The average molecular weight is 405 g/mol. The summed E-state index contributed by atoms with van der Waals surface area (Å²) in [6, 6.07) is 14.0. The second kappa shape index (κ2) is 10.1. The Kier molecular flexibility index (Phi) is 7.51. The van der Waals surface area contributed by atoms with E-state index in [0.717, 1.165) is 6.04 Å². The van der Waals surface area contributed by atoms with Crippen molar-refractivity contribution in [3.8, 4) is 0 Å². The molecule has 1 atom stereocenters. The van der Waals surface area contributed by atoms with Crippen LogP contribution in [0.1, 0.15) is 61.4 Å². The van der Waals surface area contributed by atoms with Gasteiger partial charge in [-0.25, -0.2) is 0 Å². The molecule has 154 valence electrons. The molecule has 1 saturated carbocycles. The van der Waals surface area contributed by atoms with Crippen molar-refractivity contribution in [3.05, 3.63) is 90.3 Å². The van der Waals surface area contributed by atoms with Crippen LogP contribution < -0.4 is 4.98 Å². The largest absolute Gasteiger partial charge is 0.361 e. The highest BCUT2D eigenvalue weighted by Gasteiger charge is 2.39. The summed E-state index contributed by atoms with van der Waals surface area (Å²) in [5, 5.41) is 0. The van der Waals surface area contributed by atoms with Crippen molar-refractivity contribution >= 4 is 13.8 Å². The first-order chi connectivity index (χ1) is 14.1. The fraction of sp³-hybridized carbons (Fsp3) is 0.385. The maximum absolute atomic E-state index is 4.13. The summed E-state index contributed by atoms with van der Waals surface area (Å²) in [4.78, 5) is 7.53. The number of aromatic nitrogens is 1. The Morgan fingerprint density at radius 1 is 1.07 bits per heavy atom. The number of hydrogen-bond donors (Lipinski definition) is 2. The minimum absolute atomic E-state index is 0.550. The monoisotopic (exact) mass is 404 g/mol. The summed E-state index contributed by atoms with van der Waals surface area (Å²) in [5.41, 5.74) is 6.10. The zero-order valence-corrected chi connectivity index (χ0v) is 19.2. The first kappa shape index (κ1) is 21.6. The van der Waals surface area contributed by atoms with E-state index in [1.807, 2.05) is 25.3 Å². The van der Waals surface area contributed by atoms with Crippen LogP contribution in [-0.2, 0) is 0 Å². The molecule has 0 saturated heterocycles. The lowest BCUT2D eigenvalue weighted by Gasteiger charge is -2.36. The molecule has 2 aliphatic rings. The van der Waals surface area contributed by atoms with Gasteiger partial charge in [-0.3, -0.25) is 0 Å². The SMILES string of the molecule is C=C/C=C/C.C[Si](C)(NC1CCCCC1)C1C=C(c2ccc[nH]2)c2ccccc21. The molecule has 2 aromatic rings. The third-order valence-electron chi connectivity index (χ3n) is 6.09. The Hall–Kier alpha value is -2.10. The normalized spacial score (nSPS) is 19.4. The van der Waals surface area contributed by atoms with E-state index < -0.39 is 8.24 Å². The molecule has 29 heavy (non-hydrogen) atoms. The van der Waals surface area contributed by atoms with Crippen LogP contribution in [0.25, 0.3) is 5.57 Å². The third kappa shape index (κ3) is 5.29. The van der Waals surface area contributed by atoms with Crippen molar-refractivity contribution in [1.29, 1.82) is 0 Å². The zero-order chi connectivity index (χ0) is 20.7. The minimum Gasteiger partial charge on any atom is -0.361 e. The average Bonchev–Trinajstić information content (AvgIpc) is 3.37. The Labute approximate surface area is 177 Å². The van der Waals surface area contributed by atoms with E-state index >= 15 is 0 Å². The molecule has 0 amide bonds. The molecule has 4 rings (SSSR count). The van der Waals surface area contributed by atoms with Crippen molar-refractivity contribution in [2.45, 2.75) is 63.7 Å². The maximum atomic E-state index is 4.13. The van der Waals surface area contributed by atoms with Gasteiger partial charge in [0.05, 0.1) is 0 Å². The number of hydrogen-bond acceptors (Lipinski definition) is 1. The van der Waals surface area contributed by atoms with E-state index in [1.165, 1.54) is 54.5 Å². The third-order valence-corrected chi connectivity index (χ3v) is 9.28. The molecule has 1 unspecified atom stereocenters. The highest BCUT2D eigenvalue weighted by Crippen LogP contribution is 2.42. The van der Waals surface area contributed by atoms with Gasteiger partial charge in [0.2, 0.25) is 0 Å². The second-order valence-corrected chi connectivity index (χ2v) is 13.0. The highest BCUT2D eigenvalue weighted by atomic mass is 28.3. The predicted octanol–water partition coefficient (Wildman–Crippen LogP) is 6.96. The molecule has 1 aromatic carbocycles. The predicted molar refractivity (Wildman–Crippen MR) is 130 cm³/mol. The van der Waals surface area contributed by atoms with Crippen LogP contribution in [0.4, 0.5) is 0 Å². The molecule has 1 aromatic heterocycles. The van der Waals surface area contributed by atoms with E-state index in [1.54, 1.807) is 6.08 Å². The lowest BCUT2D eigenvalue weighted by molar-refractivity contribution is 0.413. The summed E-state index contributed by atoms with van der Waals surface area (Å²) >= 11 is 0. The standard InChI is InChI=1S/C21H28N2Si.C5H8/c1-24(2,23-16-9-4-3-5-10-16)21-15-19(20-13-8-14-22-20)17-11-6-7-12-18(17)21;1-3-5-4-2/h6-8,11-16,21-23H,3-5,9-10H2,1-2H3;3-5H,1H2,2H3/b;5-4+. The summed E-state index contributed by atoms with van der Waals surface area (Å²) in [5.74, 6) is 0. The fourth-order valence-electron chi connectivity index (χ4n) is 4.69. The van der Waals surface area contributed by atoms with Crippen molar-refractivity contribution < 1.29 is 0 Å². The van der Waals surface area contributed by atoms with Crippen molar-refractivity contribution in [1.82, 2.24) is 9.97 Å². The van der Waals surface area contributed by atoms with E-state index in [-0.39, 0.29) is 0 Å². The van der Waals surface area contributed by atoms with E-state index in [9.17, 15) is 0 Å². The van der Waals surface area contributed by atoms with Crippen LogP contribution in [0.15, 0.2) is 73.5 Å². The van der Waals surface area contributed by atoms with Gasteiger partial charge in [-0.15, -0.1) is 0 Å². The lowest BCUT2D eigenvalue weighted by Crippen LogP contribution is -2.54. The summed E-state index contributed by atoms with van der Waals surface area (Å²) in [7, 11) is -1.60. The second-order valence-electron chi connectivity index (χ2n) is 8.69. The van der Waals surface area contributed by atoms with Gasteiger partial charge in [-0.1, -0.05) is 87.5 Å². The zero-order valence-electron chi connectivity index (χ0n) is 18.2. The molecule has 1 fully saturated rings. The molecule has 1 heterocycles. The number of benzene rings is 1. The van der Waals surface area contributed by atoms with Gasteiger partial charge in [-0.2, -0.15) is 0 Å². The quantitative estimate of drug-likeness (QED) is 0.409. The Morgan fingerprint density at radius 3 is 2.45 bits per heavy atom. The van der Waals surface area contributed by atoms with Crippen LogP contribution in [0, 0.1) is 0 Å².